The topological polar surface area (TPSA) is 60.8 Å². The zero-order valence-electron chi connectivity index (χ0n) is 28.5. The van der Waals surface area contributed by atoms with Crippen LogP contribution in [0.15, 0.2) is 160 Å². The highest BCUT2D eigenvalue weighted by molar-refractivity contribution is 8.03. The number of nitrogens with zero attached hydrogens (tertiary/aromatic N) is 3. The Hall–Kier alpha value is -6.05. The molecule has 0 amide bonds. The van der Waals surface area contributed by atoms with E-state index in [1.165, 1.54) is 16.0 Å². The van der Waals surface area contributed by atoms with Gasteiger partial charge in [0.15, 0.2) is 0 Å². The van der Waals surface area contributed by atoms with E-state index in [4.69, 9.17) is 4.42 Å². The predicted octanol–water partition coefficient (Wildman–Crippen LogP) is 10.4. The van der Waals surface area contributed by atoms with Crippen LogP contribution in [0.1, 0.15) is 12.8 Å². The summed E-state index contributed by atoms with van der Waals surface area (Å²) in [6.07, 6.45) is 2.11. The first-order chi connectivity index (χ1) is 24.8. The van der Waals surface area contributed by atoms with Gasteiger partial charge in [0.2, 0.25) is 5.58 Å². The van der Waals surface area contributed by atoms with Gasteiger partial charge in [-0.15, -0.1) is 0 Å². The maximum atomic E-state index is 12.0. The van der Waals surface area contributed by atoms with Gasteiger partial charge in [0.25, 0.3) is 5.52 Å². The van der Waals surface area contributed by atoms with E-state index < -0.39 is 12.0 Å². The summed E-state index contributed by atoms with van der Waals surface area (Å²) in [7, 11) is 4.13. The number of carboxylic acids is 1. The Balaban J connectivity index is 1.03. The first-order valence-corrected chi connectivity index (χ1v) is 17.7. The highest BCUT2D eigenvalue weighted by atomic mass is 32.2. The van der Waals surface area contributed by atoms with Crippen LogP contribution in [0.5, 0.6) is 0 Å². The fourth-order valence-corrected chi connectivity index (χ4v) is 7.70. The molecule has 0 saturated heterocycles. The molecule has 0 spiro atoms. The number of rotatable bonds is 8. The Labute approximate surface area is 301 Å². The molecule has 0 radical (unpaired) electrons. The van der Waals surface area contributed by atoms with E-state index in [-0.39, 0.29) is 0 Å². The van der Waals surface area contributed by atoms with Crippen molar-refractivity contribution < 1.29 is 18.9 Å². The third kappa shape index (κ3) is 6.17. The first kappa shape index (κ1) is 32.2. The molecule has 0 bridgehead atoms. The number of aryl methyl sites for hydroxylation is 1. The molecule has 0 fully saturated rings. The summed E-state index contributed by atoms with van der Waals surface area (Å²) in [5.74, 6) is -0.102. The number of benzene rings is 6. The summed E-state index contributed by atoms with van der Waals surface area (Å²) in [6.45, 7) is 1.71. The van der Waals surface area contributed by atoms with Crippen LogP contribution < -0.4 is 14.4 Å². The molecule has 51 heavy (non-hydrogen) atoms. The van der Waals surface area contributed by atoms with Crippen molar-refractivity contribution in [1.82, 2.24) is 0 Å². The summed E-state index contributed by atoms with van der Waals surface area (Å²) in [6, 6.07) is 49.0. The van der Waals surface area contributed by atoms with Crippen molar-refractivity contribution >= 4 is 52.0 Å². The van der Waals surface area contributed by atoms with Crippen LogP contribution in [-0.2, 0) is 11.8 Å². The van der Waals surface area contributed by atoms with Crippen LogP contribution in [-0.4, -0.2) is 24.2 Å². The van der Waals surface area contributed by atoms with Crippen molar-refractivity contribution in [3.8, 4) is 33.4 Å². The van der Waals surface area contributed by atoms with Gasteiger partial charge in [-0.25, -0.2) is 4.79 Å². The average molecular weight is 687 g/mol. The summed E-state index contributed by atoms with van der Waals surface area (Å²) in [5.41, 5.74) is 11.5. The smallest absolute Gasteiger partial charge is 0.376 e. The van der Waals surface area contributed by atoms with Gasteiger partial charge in [0.05, 0.1) is 16.8 Å². The maximum absolute atomic E-state index is 12.0. The molecule has 2 heterocycles. The average Bonchev–Trinajstić information content (AvgIpc) is 3.66. The van der Waals surface area contributed by atoms with Gasteiger partial charge >= 0.3 is 11.9 Å². The highest BCUT2D eigenvalue weighted by Gasteiger charge is 2.27. The van der Waals surface area contributed by atoms with E-state index >= 15 is 0 Å². The Kier molecular flexibility index (Phi) is 8.42. The molecule has 0 saturated carbocycles. The molecule has 7 heteroatoms. The molecule has 1 N–H and O–H groups in total. The van der Waals surface area contributed by atoms with E-state index in [9.17, 15) is 9.90 Å². The van der Waals surface area contributed by atoms with Crippen molar-refractivity contribution in [3.05, 3.63) is 157 Å². The van der Waals surface area contributed by atoms with Crippen molar-refractivity contribution in [2.24, 2.45) is 7.05 Å². The van der Waals surface area contributed by atoms with E-state index in [0.717, 1.165) is 61.3 Å². The van der Waals surface area contributed by atoms with E-state index in [1.54, 1.807) is 18.7 Å². The SMILES string of the molecule is CC(C(=O)O)N(c1ccccc1)c1ccc(-c2ccc3c(c2)N(C)/C(=C/c2oc4ccc(-c5ccc(-c6ccccc6)cc5)cc4[n+]2C)S3)cc1. The van der Waals surface area contributed by atoms with Crippen molar-refractivity contribution in [1.29, 1.82) is 0 Å². The number of aliphatic carboxylic acids is 1. The number of carbonyl (C=O) groups is 1. The molecule has 1 aromatic heterocycles. The third-order valence-corrected chi connectivity index (χ3v) is 10.7. The van der Waals surface area contributed by atoms with Gasteiger partial charge in [-0.3, -0.25) is 0 Å². The Morgan fingerprint density at radius 1 is 0.725 bits per heavy atom. The number of hydrogen-bond donors (Lipinski definition) is 1. The van der Waals surface area contributed by atoms with Gasteiger partial charge < -0.3 is 19.3 Å². The largest absolute Gasteiger partial charge is 0.480 e. The zero-order valence-corrected chi connectivity index (χ0v) is 29.3. The standard InChI is InChI=1S/C44H35N3O3S/c1-29(44(48)49)47(36-12-8-5-9-13-36)37-22-18-33(19-23-37)35-21-25-41-39(27-35)46(3)43(51-41)28-42-45(2)38-26-34(20-24-40(38)50-42)32-16-14-31(15-17-32)30-10-6-4-7-11-30/h4-29H,1-3H3/p+1. The lowest BCUT2D eigenvalue weighted by molar-refractivity contribution is -0.652. The predicted molar refractivity (Wildman–Crippen MR) is 208 cm³/mol. The fraction of sp³-hybridized carbons (Fsp3) is 0.0909. The third-order valence-electron chi connectivity index (χ3n) is 9.56. The second-order valence-corrected chi connectivity index (χ2v) is 13.8. The van der Waals surface area contributed by atoms with Crippen LogP contribution in [0.2, 0.25) is 0 Å². The number of fused-ring (bicyclic) bond motifs is 2. The molecule has 250 valence electrons. The molecular formula is C44H36N3O3S+. The van der Waals surface area contributed by atoms with Gasteiger partial charge in [0.1, 0.15) is 13.1 Å². The van der Waals surface area contributed by atoms with Gasteiger partial charge in [-0.1, -0.05) is 109 Å². The summed E-state index contributed by atoms with van der Waals surface area (Å²) < 4.78 is 8.48. The monoisotopic (exact) mass is 686 g/mol. The zero-order chi connectivity index (χ0) is 35.1. The van der Waals surface area contributed by atoms with E-state index in [1.807, 2.05) is 60.5 Å². The molecule has 0 aliphatic carbocycles. The molecule has 1 aliphatic rings. The van der Waals surface area contributed by atoms with Gasteiger partial charge in [0, 0.05) is 29.4 Å². The van der Waals surface area contributed by atoms with Crippen molar-refractivity contribution in [2.75, 3.05) is 16.8 Å². The van der Waals surface area contributed by atoms with Gasteiger partial charge in [-0.05, 0) is 82.8 Å². The lowest BCUT2D eigenvalue weighted by atomic mass is 10.0. The molecule has 1 atom stereocenters. The van der Waals surface area contributed by atoms with Crippen LogP contribution >= 0.6 is 11.8 Å². The van der Waals surface area contributed by atoms with Crippen LogP contribution in [0.4, 0.5) is 17.1 Å². The summed E-state index contributed by atoms with van der Waals surface area (Å²) in [5, 5.41) is 10.9. The second kappa shape index (κ2) is 13.3. The van der Waals surface area contributed by atoms with Crippen LogP contribution in [0.3, 0.4) is 0 Å². The quantitative estimate of drug-likeness (QED) is 0.161. The molecule has 6 nitrogen and oxygen atoms in total. The van der Waals surface area contributed by atoms with Crippen molar-refractivity contribution in [3.63, 3.8) is 0 Å². The number of para-hydroxylation sites is 1. The molecule has 6 aromatic carbocycles. The first-order valence-electron chi connectivity index (χ1n) is 16.9. The van der Waals surface area contributed by atoms with Crippen molar-refractivity contribution in [2.45, 2.75) is 17.9 Å². The fourth-order valence-electron chi connectivity index (χ4n) is 6.64. The minimum absolute atomic E-state index is 0.720. The molecular weight excluding hydrogens is 651 g/mol. The normalized spacial score (nSPS) is 13.8. The number of carboxylic acid groups (broad SMARTS) is 1. The molecule has 8 rings (SSSR count). The lowest BCUT2D eigenvalue weighted by Crippen LogP contribution is -2.35. The highest BCUT2D eigenvalue weighted by Crippen LogP contribution is 2.47. The number of hydrogen-bond acceptors (Lipinski definition) is 5. The van der Waals surface area contributed by atoms with Crippen LogP contribution in [0, 0.1) is 0 Å². The Bertz CT molecular complexity index is 2400. The number of anilines is 3. The minimum atomic E-state index is -0.878. The van der Waals surface area contributed by atoms with E-state index in [0.29, 0.717) is 0 Å². The maximum Gasteiger partial charge on any atom is 0.376 e. The molecule has 1 unspecified atom stereocenters. The minimum Gasteiger partial charge on any atom is -0.480 e. The molecule has 1 aliphatic heterocycles. The second-order valence-electron chi connectivity index (χ2n) is 12.7. The number of thioether (sulfide) groups is 1. The number of oxazole rings is 1. The molecule has 7 aromatic rings. The Morgan fingerprint density at radius 3 is 1.92 bits per heavy atom. The van der Waals surface area contributed by atoms with Gasteiger partial charge in [-0.2, -0.15) is 4.57 Å². The Morgan fingerprint density at radius 2 is 1.25 bits per heavy atom. The lowest BCUT2D eigenvalue weighted by Gasteiger charge is -2.29. The van der Waals surface area contributed by atoms with E-state index in [2.05, 4.69) is 120 Å². The number of aromatic nitrogens is 1. The van der Waals surface area contributed by atoms with Crippen LogP contribution in [0.25, 0.3) is 50.6 Å². The summed E-state index contributed by atoms with van der Waals surface area (Å²) >= 11 is 1.72. The summed E-state index contributed by atoms with van der Waals surface area (Å²) in [4.78, 5) is 17.2.